The highest BCUT2D eigenvalue weighted by molar-refractivity contribution is 9.11. The summed E-state index contributed by atoms with van der Waals surface area (Å²) in [6, 6.07) is 3.61. The number of H-pyrrole nitrogens is 1. The van der Waals surface area contributed by atoms with Crippen molar-refractivity contribution >= 4 is 31.9 Å². The first-order valence-electron chi connectivity index (χ1n) is 5.37. The van der Waals surface area contributed by atoms with Gasteiger partial charge in [0.05, 0.1) is 5.56 Å². The van der Waals surface area contributed by atoms with Crippen molar-refractivity contribution in [3.63, 3.8) is 0 Å². The average Bonchev–Trinajstić information content (AvgIpc) is 2.80. The summed E-state index contributed by atoms with van der Waals surface area (Å²) in [5.41, 5.74) is -0.110. The number of nitrogens with zero attached hydrogens (tertiary/aromatic N) is 1. The van der Waals surface area contributed by atoms with Crippen molar-refractivity contribution in [2.24, 2.45) is 0 Å². The molecule has 0 fully saturated rings. The van der Waals surface area contributed by atoms with E-state index in [-0.39, 0.29) is 4.83 Å². The molecule has 7 heteroatoms. The second kappa shape index (κ2) is 5.66. The first kappa shape index (κ1) is 14.6. The van der Waals surface area contributed by atoms with Gasteiger partial charge in [-0.3, -0.25) is 0 Å². The molecule has 1 aromatic heterocycles. The molecule has 0 amide bonds. The maximum atomic E-state index is 12.7. The second-order valence-electron chi connectivity index (χ2n) is 3.94. The molecule has 0 saturated heterocycles. The van der Waals surface area contributed by atoms with Crippen LogP contribution >= 0.6 is 31.9 Å². The molecule has 1 atom stereocenters. The molecule has 0 aliphatic carbocycles. The standard InChI is InChI=1S/C12H9Br2F3N2/c13-9-2-1-7(12(15,16)17)5-8(9)10(14)6-11-18-3-4-19-11/h1-5,10H,6H2,(H,18,19). The van der Waals surface area contributed by atoms with Gasteiger partial charge in [-0.1, -0.05) is 31.9 Å². The summed E-state index contributed by atoms with van der Waals surface area (Å²) in [7, 11) is 0. The summed E-state index contributed by atoms with van der Waals surface area (Å²) in [6.45, 7) is 0. The van der Waals surface area contributed by atoms with Crippen molar-refractivity contribution in [1.29, 1.82) is 0 Å². The zero-order chi connectivity index (χ0) is 14.0. The van der Waals surface area contributed by atoms with E-state index in [0.717, 1.165) is 12.1 Å². The molecule has 2 nitrogen and oxygen atoms in total. The summed E-state index contributed by atoms with van der Waals surface area (Å²) in [6.07, 6.45) is -0.577. The molecule has 0 aliphatic rings. The predicted molar refractivity (Wildman–Crippen MR) is 73.1 cm³/mol. The maximum Gasteiger partial charge on any atom is 0.416 e. The van der Waals surface area contributed by atoms with Gasteiger partial charge >= 0.3 is 6.18 Å². The van der Waals surface area contributed by atoms with Crippen LogP contribution in [0.4, 0.5) is 13.2 Å². The highest BCUT2D eigenvalue weighted by Crippen LogP contribution is 2.37. The van der Waals surface area contributed by atoms with Crippen LogP contribution in [0, 0.1) is 0 Å². The number of nitrogens with one attached hydrogen (secondary N) is 1. The van der Waals surface area contributed by atoms with E-state index in [1.54, 1.807) is 12.4 Å². The minimum Gasteiger partial charge on any atom is -0.349 e. The zero-order valence-electron chi connectivity index (χ0n) is 9.51. The van der Waals surface area contributed by atoms with E-state index in [0.29, 0.717) is 22.3 Å². The fraction of sp³-hybridized carbons (Fsp3) is 0.250. The molecule has 0 aliphatic heterocycles. The first-order valence-corrected chi connectivity index (χ1v) is 7.08. The van der Waals surface area contributed by atoms with Crippen LogP contribution in [0.1, 0.15) is 21.8 Å². The maximum absolute atomic E-state index is 12.7. The third-order valence-corrected chi connectivity index (χ3v) is 4.13. The Bertz CT molecular complexity index is 553. The number of aromatic amines is 1. The number of rotatable bonds is 3. The molecule has 0 radical (unpaired) electrons. The van der Waals surface area contributed by atoms with Gasteiger partial charge < -0.3 is 4.98 Å². The van der Waals surface area contributed by atoms with Gasteiger partial charge in [-0.2, -0.15) is 13.2 Å². The van der Waals surface area contributed by atoms with Gasteiger partial charge in [-0.05, 0) is 23.8 Å². The van der Waals surface area contributed by atoms with Crippen molar-refractivity contribution in [2.75, 3.05) is 0 Å². The number of halogens is 5. The van der Waals surface area contributed by atoms with Gasteiger partial charge in [-0.15, -0.1) is 0 Å². The third kappa shape index (κ3) is 3.60. The molecule has 102 valence electrons. The lowest BCUT2D eigenvalue weighted by Gasteiger charge is -2.14. The molecule has 1 aromatic carbocycles. The molecule has 0 saturated carbocycles. The highest BCUT2D eigenvalue weighted by Gasteiger charge is 2.31. The Morgan fingerprint density at radius 2 is 2.05 bits per heavy atom. The topological polar surface area (TPSA) is 28.7 Å². The van der Waals surface area contributed by atoms with Gasteiger partial charge in [0.1, 0.15) is 5.82 Å². The van der Waals surface area contributed by atoms with Gasteiger partial charge in [0.2, 0.25) is 0 Å². The molecule has 19 heavy (non-hydrogen) atoms. The fourth-order valence-electron chi connectivity index (χ4n) is 1.65. The molecule has 1 N–H and O–H groups in total. The number of aromatic nitrogens is 2. The quantitative estimate of drug-likeness (QED) is 0.735. The monoisotopic (exact) mass is 396 g/mol. The molecule has 0 spiro atoms. The van der Waals surface area contributed by atoms with Crippen LogP contribution in [0.25, 0.3) is 0 Å². The summed E-state index contributed by atoms with van der Waals surface area (Å²) in [5.74, 6) is 0.714. The SMILES string of the molecule is FC(F)(F)c1ccc(Br)c(C(Br)Cc2ncc[nH]2)c1. The smallest absolute Gasteiger partial charge is 0.349 e. The first-order chi connectivity index (χ1) is 8.88. The molecule has 1 heterocycles. The molecule has 2 aromatic rings. The van der Waals surface area contributed by atoms with E-state index < -0.39 is 11.7 Å². The lowest BCUT2D eigenvalue weighted by molar-refractivity contribution is -0.137. The van der Waals surface area contributed by atoms with Crippen molar-refractivity contribution in [2.45, 2.75) is 17.4 Å². The Morgan fingerprint density at radius 3 is 2.63 bits per heavy atom. The van der Waals surface area contributed by atoms with Crippen molar-refractivity contribution in [3.05, 3.63) is 52.0 Å². The van der Waals surface area contributed by atoms with Crippen molar-refractivity contribution < 1.29 is 13.2 Å². The number of benzene rings is 1. The Labute approximate surface area is 124 Å². The van der Waals surface area contributed by atoms with E-state index in [9.17, 15) is 13.2 Å². The summed E-state index contributed by atoms with van der Waals surface area (Å²) in [5, 5.41) is 0. The summed E-state index contributed by atoms with van der Waals surface area (Å²) in [4.78, 5) is 6.73. The van der Waals surface area contributed by atoms with Gasteiger partial charge in [0.25, 0.3) is 0 Å². The molecule has 1 unspecified atom stereocenters. The Hall–Kier alpha value is -0.820. The van der Waals surface area contributed by atoms with Crippen LogP contribution in [0.5, 0.6) is 0 Å². The number of alkyl halides is 4. The van der Waals surface area contributed by atoms with E-state index in [4.69, 9.17) is 0 Å². The molecule has 2 rings (SSSR count). The van der Waals surface area contributed by atoms with Crippen LogP contribution in [-0.4, -0.2) is 9.97 Å². The second-order valence-corrected chi connectivity index (χ2v) is 5.90. The average molecular weight is 398 g/mol. The van der Waals surface area contributed by atoms with E-state index in [1.807, 2.05) is 0 Å². The fourth-order valence-corrected chi connectivity index (χ4v) is 3.17. The van der Waals surface area contributed by atoms with Gasteiger partial charge in [-0.25, -0.2) is 4.98 Å². The molecule has 0 bridgehead atoms. The zero-order valence-corrected chi connectivity index (χ0v) is 12.7. The van der Waals surface area contributed by atoms with Crippen molar-refractivity contribution in [1.82, 2.24) is 9.97 Å². The normalized spacial score (nSPS) is 13.5. The van der Waals surface area contributed by atoms with Crippen LogP contribution < -0.4 is 0 Å². The van der Waals surface area contributed by atoms with Crippen LogP contribution in [-0.2, 0) is 12.6 Å². The lowest BCUT2D eigenvalue weighted by atomic mass is 10.1. The number of imidazole rings is 1. The predicted octanol–water partition coefficient (Wildman–Crippen LogP) is 4.87. The van der Waals surface area contributed by atoms with E-state index in [1.165, 1.54) is 6.07 Å². The summed E-state index contributed by atoms with van der Waals surface area (Å²) < 4.78 is 38.7. The Kier molecular flexibility index (Phi) is 4.35. The van der Waals surface area contributed by atoms with Crippen LogP contribution in [0.3, 0.4) is 0 Å². The highest BCUT2D eigenvalue weighted by atomic mass is 79.9. The minimum atomic E-state index is -4.34. The van der Waals surface area contributed by atoms with E-state index >= 15 is 0 Å². The third-order valence-electron chi connectivity index (χ3n) is 2.59. The Morgan fingerprint density at radius 1 is 1.32 bits per heavy atom. The van der Waals surface area contributed by atoms with Gasteiger partial charge in [0.15, 0.2) is 0 Å². The molecular formula is C12H9Br2F3N2. The van der Waals surface area contributed by atoms with Crippen LogP contribution in [0.15, 0.2) is 35.1 Å². The Balaban J connectivity index is 2.28. The van der Waals surface area contributed by atoms with E-state index in [2.05, 4.69) is 41.8 Å². The molecular weight excluding hydrogens is 389 g/mol. The lowest BCUT2D eigenvalue weighted by Crippen LogP contribution is -2.07. The van der Waals surface area contributed by atoms with Crippen molar-refractivity contribution in [3.8, 4) is 0 Å². The number of hydrogen-bond acceptors (Lipinski definition) is 1. The van der Waals surface area contributed by atoms with Crippen LogP contribution in [0.2, 0.25) is 0 Å². The summed E-state index contributed by atoms with van der Waals surface area (Å²) >= 11 is 6.68. The largest absolute Gasteiger partial charge is 0.416 e. The minimum absolute atomic E-state index is 0.254. The van der Waals surface area contributed by atoms with Gasteiger partial charge in [0, 0.05) is 28.1 Å². The number of hydrogen-bond donors (Lipinski definition) is 1.